The average Bonchev–Trinajstić information content (AvgIpc) is 2.55. The molecule has 2 aromatic carbocycles. The Morgan fingerprint density at radius 3 is 1.77 bits per heavy atom. The highest BCUT2D eigenvalue weighted by molar-refractivity contribution is 5.71. The first-order chi connectivity index (χ1) is 10.6. The van der Waals surface area contributed by atoms with Crippen LogP contribution in [0.2, 0.25) is 0 Å². The van der Waals surface area contributed by atoms with Crippen LogP contribution in [0.25, 0.3) is 12.2 Å². The zero-order valence-electron chi connectivity index (χ0n) is 12.9. The van der Waals surface area contributed by atoms with Crippen molar-refractivity contribution in [3.05, 3.63) is 72.8 Å². The van der Waals surface area contributed by atoms with Crippen LogP contribution in [-0.4, -0.2) is 13.1 Å². The van der Waals surface area contributed by atoms with Crippen molar-refractivity contribution in [2.75, 3.05) is 7.11 Å². The third-order valence-electron chi connectivity index (χ3n) is 2.75. The van der Waals surface area contributed by atoms with E-state index in [1.807, 2.05) is 42.5 Å². The molecule has 2 rings (SSSR count). The molecule has 114 valence electrons. The summed E-state index contributed by atoms with van der Waals surface area (Å²) in [5.74, 6) is 1.11. The number of carbonyl (C=O) groups excluding carboxylic acids is 1. The Morgan fingerprint density at radius 2 is 1.36 bits per heavy atom. The third-order valence-corrected chi connectivity index (χ3v) is 2.75. The first kappa shape index (κ1) is 17.2. The van der Waals surface area contributed by atoms with Crippen molar-refractivity contribution in [1.82, 2.24) is 0 Å². The highest BCUT2D eigenvalue weighted by Crippen LogP contribution is 2.18. The number of hydrogen-bond donors (Lipinski definition) is 0. The van der Waals surface area contributed by atoms with Gasteiger partial charge in [-0.2, -0.15) is 0 Å². The van der Waals surface area contributed by atoms with Crippen LogP contribution in [0.3, 0.4) is 0 Å². The van der Waals surface area contributed by atoms with Gasteiger partial charge in [-0.15, -0.1) is 0 Å². The first-order valence-corrected chi connectivity index (χ1v) is 6.77. The highest BCUT2D eigenvalue weighted by Gasteiger charge is 2.00. The van der Waals surface area contributed by atoms with Crippen molar-refractivity contribution >= 4 is 18.1 Å². The molecule has 0 fully saturated rings. The van der Waals surface area contributed by atoms with Crippen LogP contribution >= 0.6 is 0 Å². The molecular formula is C19H20O3. The van der Waals surface area contributed by atoms with E-state index in [1.165, 1.54) is 6.92 Å². The molecule has 0 bridgehead atoms. The van der Waals surface area contributed by atoms with Gasteiger partial charge in [0.15, 0.2) is 0 Å². The molecule has 0 aromatic heterocycles. The predicted molar refractivity (Wildman–Crippen MR) is 90.9 cm³/mol. The van der Waals surface area contributed by atoms with Crippen LogP contribution in [-0.2, 0) is 4.79 Å². The molecular weight excluding hydrogens is 276 g/mol. The number of rotatable bonds is 4. The smallest absolute Gasteiger partial charge is 0.308 e. The Bertz CT molecular complexity index is 645. The maximum atomic E-state index is 10.6. The summed E-state index contributed by atoms with van der Waals surface area (Å²) in [5, 5.41) is 0. The molecule has 0 aliphatic rings. The molecule has 0 spiro atoms. The van der Waals surface area contributed by atoms with Gasteiger partial charge >= 0.3 is 5.97 Å². The zero-order valence-corrected chi connectivity index (χ0v) is 12.9. The van der Waals surface area contributed by atoms with Gasteiger partial charge in [-0.05, 0) is 12.1 Å². The largest absolute Gasteiger partial charge is 0.496 e. The SMILES string of the molecule is C=Cc1ccccc1OC.C=Cc1ccccc1OC(C)=O. The molecule has 0 amide bonds. The summed E-state index contributed by atoms with van der Waals surface area (Å²) >= 11 is 0. The molecule has 0 atom stereocenters. The Balaban J connectivity index is 0.000000224. The Hall–Kier alpha value is -2.81. The van der Waals surface area contributed by atoms with E-state index >= 15 is 0 Å². The van der Waals surface area contributed by atoms with Gasteiger partial charge in [0.05, 0.1) is 7.11 Å². The van der Waals surface area contributed by atoms with Gasteiger partial charge in [0.25, 0.3) is 0 Å². The quantitative estimate of drug-likeness (QED) is 0.611. The highest BCUT2D eigenvalue weighted by atomic mass is 16.5. The fourth-order valence-corrected chi connectivity index (χ4v) is 1.73. The fourth-order valence-electron chi connectivity index (χ4n) is 1.73. The second kappa shape index (κ2) is 9.19. The van der Waals surface area contributed by atoms with Crippen molar-refractivity contribution in [2.45, 2.75) is 6.92 Å². The lowest BCUT2D eigenvalue weighted by Crippen LogP contribution is -2.02. The van der Waals surface area contributed by atoms with Crippen molar-refractivity contribution in [3.8, 4) is 11.5 Å². The van der Waals surface area contributed by atoms with Gasteiger partial charge in [0, 0.05) is 18.1 Å². The van der Waals surface area contributed by atoms with Gasteiger partial charge < -0.3 is 9.47 Å². The summed E-state index contributed by atoms with van der Waals surface area (Å²) < 4.78 is 9.99. The number of carbonyl (C=O) groups is 1. The van der Waals surface area contributed by atoms with Gasteiger partial charge in [0.1, 0.15) is 11.5 Å². The van der Waals surface area contributed by atoms with E-state index in [4.69, 9.17) is 9.47 Å². The molecule has 0 radical (unpaired) electrons. The molecule has 0 saturated heterocycles. The maximum absolute atomic E-state index is 10.6. The molecule has 3 heteroatoms. The number of benzene rings is 2. The molecule has 22 heavy (non-hydrogen) atoms. The molecule has 0 N–H and O–H groups in total. The van der Waals surface area contributed by atoms with Crippen LogP contribution in [0.4, 0.5) is 0 Å². The number of methoxy groups -OCH3 is 1. The lowest BCUT2D eigenvalue weighted by Gasteiger charge is -2.03. The van der Waals surface area contributed by atoms with Crippen molar-refractivity contribution in [2.24, 2.45) is 0 Å². The lowest BCUT2D eigenvalue weighted by atomic mass is 10.2. The number of ether oxygens (including phenoxy) is 2. The maximum Gasteiger partial charge on any atom is 0.308 e. The first-order valence-electron chi connectivity index (χ1n) is 6.77. The van der Waals surface area contributed by atoms with E-state index in [0.717, 1.165) is 16.9 Å². The molecule has 0 heterocycles. The van der Waals surface area contributed by atoms with Crippen molar-refractivity contribution in [1.29, 1.82) is 0 Å². The van der Waals surface area contributed by atoms with E-state index in [2.05, 4.69) is 13.2 Å². The van der Waals surface area contributed by atoms with Crippen LogP contribution < -0.4 is 9.47 Å². The normalized spacial score (nSPS) is 9.00. The van der Waals surface area contributed by atoms with Gasteiger partial charge in [-0.3, -0.25) is 4.79 Å². The zero-order chi connectivity index (χ0) is 16.4. The predicted octanol–water partition coefficient (Wildman–Crippen LogP) is 4.59. The van der Waals surface area contributed by atoms with E-state index in [9.17, 15) is 4.79 Å². The fraction of sp³-hybridized carbons (Fsp3) is 0.105. The molecule has 0 saturated carbocycles. The minimum Gasteiger partial charge on any atom is -0.496 e. The van der Waals surface area contributed by atoms with E-state index < -0.39 is 0 Å². The molecule has 0 aliphatic heterocycles. The second-order valence-electron chi connectivity index (χ2n) is 4.28. The van der Waals surface area contributed by atoms with Gasteiger partial charge in [0.2, 0.25) is 0 Å². The van der Waals surface area contributed by atoms with Crippen LogP contribution in [0, 0.1) is 0 Å². The number of hydrogen-bond acceptors (Lipinski definition) is 3. The van der Waals surface area contributed by atoms with Gasteiger partial charge in [-0.1, -0.05) is 61.7 Å². The summed E-state index contributed by atoms with van der Waals surface area (Å²) in [4.78, 5) is 10.6. The summed E-state index contributed by atoms with van der Waals surface area (Å²) in [7, 11) is 1.66. The lowest BCUT2D eigenvalue weighted by molar-refractivity contribution is -0.131. The topological polar surface area (TPSA) is 35.5 Å². The van der Waals surface area contributed by atoms with E-state index in [0.29, 0.717) is 5.75 Å². The van der Waals surface area contributed by atoms with Crippen LogP contribution in [0.15, 0.2) is 61.7 Å². The second-order valence-corrected chi connectivity index (χ2v) is 4.28. The molecule has 0 unspecified atom stereocenters. The minimum absolute atomic E-state index is 0.315. The monoisotopic (exact) mass is 296 g/mol. The van der Waals surface area contributed by atoms with Crippen molar-refractivity contribution in [3.63, 3.8) is 0 Å². The summed E-state index contributed by atoms with van der Waals surface area (Å²) in [6.45, 7) is 8.64. The average molecular weight is 296 g/mol. The third kappa shape index (κ3) is 5.29. The summed E-state index contributed by atoms with van der Waals surface area (Å²) in [5.41, 5.74) is 1.86. The van der Waals surface area contributed by atoms with Crippen molar-refractivity contribution < 1.29 is 14.3 Å². The number of esters is 1. The minimum atomic E-state index is -0.315. The van der Waals surface area contributed by atoms with E-state index in [-0.39, 0.29) is 5.97 Å². The van der Waals surface area contributed by atoms with Crippen LogP contribution in [0.1, 0.15) is 18.1 Å². The summed E-state index contributed by atoms with van der Waals surface area (Å²) in [6, 6.07) is 15.0. The standard InChI is InChI=1S/C10H10O2.C9H10O/c1-3-9-6-4-5-7-10(9)12-8(2)11;1-3-8-6-4-5-7-9(8)10-2/h3-7H,1H2,2H3;3-7H,1H2,2H3. The van der Waals surface area contributed by atoms with Crippen LogP contribution in [0.5, 0.6) is 11.5 Å². The van der Waals surface area contributed by atoms with Gasteiger partial charge in [-0.25, -0.2) is 0 Å². The molecule has 3 nitrogen and oxygen atoms in total. The van der Waals surface area contributed by atoms with E-state index in [1.54, 1.807) is 25.3 Å². The molecule has 2 aromatic rings. The Labute approximate surface area is 131 Å². The number of para-hydroxylation sites is 2. The Kier molecular flexibility index (Phi) is 7.20. The Morgan fingerprint density at radius 1 is 0.909 bits per heavy atom. The summed E-state index contributed by atoms with van der Waals surface area (Å²) in [6.07, 6.45) is 3.43. The molecule has 0 aliphatic carbocycles.